The molecule has 11 heteroatoms. The molecule has 214 valence electrons. The number of amides is 1. The molecular formula is C29H30BrCl2NO7. The Morgan fingerprint density at radius 1 is 0.900 bits per heavy atom. The van der Waals surface area contributed by atoms with E-state index >= 15 is 0 Å². The number of hydrogen-bond donors (Lipinski definition) is 1. The molecule has 0 saturated heterocycles. The molecule has 3 rings (SSSR count). The van der Waals surface area contributed by atoms with Crippen molar-refractivity contribution in [2.45, 2.75) is 26.1 Å². The monoisotopic (exact) mass is 653 g/mol. The van der Waals surface area contributed by atoms with E-state index in [9.17, 15) is 14.7 Å². The summed E-state index contributed by atoms with van der Waals surface area (Å²) in [6.07, 6.45) is -1.19. The molecule has 40 heavy (non-hydrogen) atoms. The van der Waals surface area contributed by atoms with E-state index in [2.05, 4.69) is 15.9 Å². The molecule has 0 aromatic heterocycles. The van der Waals surface area contributed by atoms with Crippen LogP contribution in [0.3, 0.4) is 0 Å². The Morgan fingerprint density at radius 3 is 2.15 bits per heavy atom. The van der Waals surface area contributed by atoms with Crippen molar-refractivity contribution in [3.05, 3.63) is 92.4 Å². The molecule has 0 heterocycles. The zero-order valence-corrected chi connectivity index (χ0v) is 25.0. The number of rotatable bonds is 15. The lowest BCUT2D eigenvalue weighted by Crippen LogP contribution is -2.39. The van der Waals surface area contributed by atoms with Crippen LogP contribution >= 0.6 is 39.1 Å². The van der Waals surface area contributed by atoms with Gasteiger partial charge >= 0.3 is 12.1 Å². The van der Waals surface area contributed by atoms with Crippen molar-refractivity contribution in [2.75, 3.05) is 32.9 Å². The maximum atomic E-state index is 12.9. The highest BCUT2D eigenvalue weighted by molar-refractivity contribution is 9.10. The number of benzene rings is 3. The minimum absolute atomic E-state index is 0.204. The first kappa shape index (κ1) is 31.7. The van der Waals surface area contributed by atoms with E-state index in [1.807, 2.05) is 0 Å². The summed E-state index contributed by atoms with van der Waals surface area (Å²) in [6.45, 7) is 3.32. The van der Waals surface area contributed by atoms with Crippen LogP contribution in [-0.2, 0) is 27.3 Å². The van der Waals surface area contributed by atoms with E-state index in [0.717, 1.165) is 15.6 Å². The maximum Gasteiger partial charge on any atom is 0.415 e. The molecule has 0 spiro atoms. The van der Waals surface area contributed by atoms with E-state index in [4.69, 9.17) is 42.1 Å². The summed E-state index contributed by atoms with van der Waals surface area (Å²) < 4.78 is 23.3. The molecule has 0 bridgehead atoms. The normalized spacial score (nSPS) is 11.6. The van der Waals surface area contributed by atoms with Gasteiger partial charge in [-0.2, -0.15) is 0 Å². The van der Waals surface area contributed by atoms with Gasteiger partial charge in [-0.05, 0) is 72.6 Å². The highest BCUT2D eigenvalue weighted by Gasteiger charge is 2.18. The van der Waals surface area contributed by atoms with Crippen molar-refractivity contribution < 1.29 is 33.6 Å². The molecule has 0 aliphatic rings. The third-order valence-electron chi connectivity index (χ3n) is 5.59. The quantitative estimate of drug-likeness (QED) is 0.178. The summed E-state index contributed by atoms with van der Waals surface area (Å²) >= 11 is 15.5. The standard InChI is InChI=1S/C29H30BrCl2NO7/c1-2-38-27(28(34)35)17-20-3-7-25(8-4-20)39-14-12-33(29(36)40-26-9-5-22(30)6-10-26)11-13-37-19-21-15-23(31)18-24(32)16-21/h3-10,15-16,18,27H,2,11-14,17,19H2,1H3,(H,34,35). The maximum absolute atomic E-state index is 12.9. The minimum atomic E-state index is -1.00. The predicted molar refractivity (Wildman–Crippen MR) is 157 cm³/mol. The minimum Gasteiger partial charge on any atom is -0.492 e. The van der Waals surface area contributed by atoms with Crippen LogP contribution in [0.4, 0.5) is 4.79 Å². The molecule has 0 radical (unpaired) electrons. The van der Waals surface area contributed by atoms with Gasteiger partial charge in [0.05, 0.1) is 19.8 Å². The second-order valence-electron chi connectivity index (χ2n) is 8.62. The number of carboxylic acids is 1. The van der Waals surface area contributed by atoms with E-state index in [1.165, 1.54) is 4.90 Å². The topological polar surface area (TPSA) is 94.5 Å². The van der Waals surface area contributed by atoms with E-state index in [-0.39, 0.29) is 39.3 Å². The van der Waals surface area contributed by atoms with Gasteiger partial charge in [-0.15, -0.1) is 0 Å². The second kappa shape index (κ2) is 16.4. The van der Waals surface area contributed by atoms with Gasteiger partial charge in [0.1, 0.15) is 18.1 Å². The number of carbonyl (C=O) groups excluding carboxylic acids is 1. The summed E-state index contributed by atoms with van der Waals surface area (Å²) in [7, 11) is 0. The van der Waals surface area contributed by atoms with Crippen LogP contribution < -0.4 is 9.47 Å². The average molecular weight is 655 g/mol. The molecule has 0 aliphatic heterocycles. The van der Waals surface area contributed by atoms with Gasteiger partial charge in [0.2, 0.25) is 0 Å². The van der Waals surface area contributed by atoms with Crippen LogP contribution in [0, 0.1) is 0 Å². The first-order chi connectivity index (χ1) is 19.2. The van der Waals surface area contributed by atoms with Crippen molar-refractivity contribution in [3.8, 4) is 11.5 Å². The summed E-state index contributed by atoms with van der Waals surface area (Å²) in [5.41, 5.74) is 1.63. The SMILES string of the molecule is CCOC(Cc1ccc(OCCN(CCOCc2cc(Cl)cc(Cl)c2)C(=O)Oc2ccc(Br)cc2)cc1)C(=O)O. The fraction of sp³-hybridized carbons (Fsp3) is 0.310. The first-order valence-corrected chi connectivity index (χ1v) is 14.1. The molecule has 0 aliphatic carbocycles. The number of hydrogen-bond acceptors (Lipinski definition) is 6. The van der Waals surface area contributed by atoms with Crippen LogP contribution in [0.2, 0.25) is 10.0 Å². The highest BCUT2D eigenvalue weighted by atomic mass is 79.9. The largest absolute Gasteiger partial charge is 0.492 e. The van der Waals surface area contributed by atoms with E-state index in [0.29, 0.717) is 28.2 Å². The van der Waals surface area contributed by atoms with Crippen molar-refractivity contribution in [2.24, 2.45) is 0 Å². The first-order valence-electron chi connectivity index (χ1n) is 12.5. The average Bonchev–Trinajstić information content (AvgIpc) is 2.91. The van der Waals surface area contributed by atoms with Crippen LogP contribution in [0.25, 0.3) is 0 Å². The Morgan fingerprint density at radius 2 is 1.52 bits per heavy atom. The third kappa shape index (κ3) is 11.0. The lowest BCUT2D eigenvalue weighted by molar-refractivity contribution is -0.149. The van der Waals surface area contributed by atoms with Gasteiger partial charge in [0.25, 0.3) is 0 Å². The Hall–Kier alpha value is -2.82. The second-order valence-corrected chi connectivity index (χ2v) is 10.4. The van der Waals surface area contributed by atoms with Gasteiger partial charge in [-0.3, -0.25) is 0 Å². The molecule has 3 aromatic rings. The number of ether oxygens (including phenoxy) is 4. The smallest absolute Gasteiger partial charge is 0.415 e. The zero-order valence-electron chi connectivity index (χ0n) is 21.9. The fourth-order valence-corrected chi connectivity index (χ4v) is 4.49. The molecule has 1 unspecified atom stereocenters. The number of aliphatic carboxylic acids is 1. The van der Waals surface area contributed by atoms with Gasteiger partial charge in [-0.1, -0.05) is 51.3 Å². The molecule has 1 amide bonds. The Labute approximate surface area is 251 Å². The molecule has 1 N–H and O–H groups in total. The molecule has 1 atom stereocenters. The predicted octanol–water partition coefficient (Wildman–Crippen LogP) is 6.88. The fourth-order valence-electron chi connectivity index (χ4n) is 3.65. The van der Waals surface area contributed by atoms with Crippen molar-refractivity contribution in [3.63, 3.8) is 0 Å². The lowest BCUT2D eigenvalue weighted by atomic mass is 10.1. The van der Waals surface area contributed by atoms with Gasteiger partial charge in [0, 0.05) is 34.1 Å². The Kier molecular flexibility index (Phi) is 13.0. The van der Waals surface area contributed by atoms with Gasteiger partial charge in [-0.25, -0.2) is 9.59 Å². The molecule has 0 fully saturated rings. The van der Waals surface area contributed by atoms with Gasteiger partial charge < -0.3 is 29.0 Å². The molecule has 8 nitrogen and oxygen atoms in total. The van der Waals surface area contributed by atoms with Crippen LogP contribution in [0.5, 0.6) is 11.5 Å². The number of halogens is 3. The van der Waals surface area contributed by atoms with Crippen molar-refractivity contribution >= 4 is 51.2 Å². The highest BCUT2D eigenvalue weighted by Crippen LogP contribution is 2.20. The third-order valence-corrected chi connectivity index (χ3v) is 6.56. The van der Waals surface area contributed by atoms with Crippen LogP contribution in [0.1, 0.15) is 18.1 Å². The number of carbonyl (C=O) groups is 2. The van der Waals surface area contributed by atoms with Crippen molar-refractivity contribution in [1.29, 1.82) is 0 Å². The summed E-state index contributed by atoms with van der Waals surface area (Å²) in [5, 5.41) is 10.3. The zero-order chi connectivity index (χ0) is 28.9. The summed E-state index contributed by atoms with van der Waals surface area (Å²) in [4.78, 5) is 25.8. The summed E-state index contributed by atoms with van der Waals surface area (Å²) in [5.74, 6) is -0.00380. The van der Waals surface area contributed by atoms with Crippen molar-refractivity contribution in [1.82, 2.24) is 4.90 Å². The number of nitrogens with zero attached hydrogens (tertiary/aromatic N) is 1. The number of carboxylic acid groups (broad SMARTS) is 1. The Balaban J connectivity index is 1.55. The van der Waals surface area contributed by atoms with Crippen LogP contribution in [0.15, 0.2) is 71.2 Å². The molecular weight excluding hydrogens is 625 g/mol. The molecule has 3 aromatic carbocycles. The van der Waals surface area contributed by atoms with E-state index in [1.54, 1.807) is 73.7 Å². The van der Waals surface area contributed by atoms with Gasteiger partial charge in [0.15, 0.2) is 6.10 Å². The lowest BCUT2D eigenvalue weighted by Gasteiger charge is -2.22. The van der Waals surface area contributed by atoms with E-state index < -0.39 is 18.2 Å². The molecule has 0 saturated carbocycles. The Bertz CT molecular complexity index is 1220. The van der Waals surface area contributed by atoms with Crippen LogP contribution in [-0.4, -0.2) is 61.1 Å². The summed E-state index contributed by atoms with van der Waals surface area (Å²) in [6, 6.07) is 19.2.